The minimum Gasteiger partial charge on any atom is -0.493 e. The lowest BCUT2D eigenvalue weighted by atomic mass is 9.91. The first-order valence-electron chi connectivity index (χ1n) is 8.59. The molecule has 0 saturated heterocycles. The zero-order chi connectivity index (χ0) is 17.3. The van der Waals surface area contributed by atoms with Crippen molar-refractivity contribution in [1.29, 1.82) is 0 Å². The van der Waals surface area contributed by atoms with Gasteiger partial charge in [0, 0.05) is 12.0 Å². The fourth-order valence-corrected chi connectivity index (χ4v) is 3.20. The number of aromatic nitrogens is 4. The summed E-state index contributed by atoms with van der Waals surface area (Å²) in [6.07, 6.45) is 6.71. The van der Waals surface area contributed by atoms with E-state index in [1.54, 1.807) is 4.52 Å². The summed E-state index contributed by atoms with van der Waals surface area (Å²) < 4.78 is 7.46. The number of nitrogens with zero attached hydrogens (tertiary/aromatic N) is 3. The van der Waals surface area contributed by atoms with E-state index in [1.807, 2.05) is 19.9 Å². The van der Waals surface area contributed by atoms with E-state index >= 15 is 0 Å². The maximum Gasteiger partial charge on any atom is 0.277 e. The molecule has 2 aromatic rings. The van der Waals surface area contributed by atoms with Gasteiger partial charge in [0.2, 0.25) is 0 Å². The van der Waals surface area contributed by atoms with Gasteiger partial charge in [0.1, 0.15) is 11.6 Å². The summed E-state index contributed by atoms with van der Waals surface area (Å²) in [4.78, 5) is 20.1. The lowest BCUT2D eigenvalue weighted by Crippen LogP contribution is -2.20. The summed E-state index contributed by atoms with van der Waals surface area (Å²) in [6, 6.07) is 0. The molecule has 3 rings (SSSR count). The Kier molecular flexibility index (Phi) is 4.55. The van der Waals surface area contributed by atoms with Crippen LogP contribution >= 0.6 is 0 Å². The van der Waals surface area contributed by atoms with Crippen molar-refractivity contribution in [2.75, 3.05) is 6.61 Å². The molecular weight excluding hydrogens is 304 g/mol. The molecular formula is C18H24N4O2. The average molecular weight is 328 g/mol. The van der Waals surface area contributed by atoms with Crippen LogP contribution in [0.2, 0.25) is 0 Å². The highest BCUT2D eigenvalue weighted by molar-refractivity contribution is 5.68. The van der Waals surface area contributed by atoms with Crippen molar-refractivity contribution in [3.05, 3.63) is 45.6 Å². The molecule has 1 N–H and O–H groups in total. The molecule has 0 aromatic carbocycles. The predicted molar refractivity (Wildman–Crippen MR) is 93.8 cm³/mol. The van der Waals surface area contributed by atoms with E-state index in [0.717, 1.165) is 36.4 Å². The lowest BCUT2D eigenvalue weighted by molar-refractivity contribution is 0.240. The average Bonchev–Trinajstić information content (AvgIpc) is 2.85. The number of H-pyrrole nitrogens is 1. The highest BCUT2D eigenvalue weighted by atomic mass is 16.5. The Morgan fingerprint density at radius 3 is 2.92 bits per heavy atom. The van der Waals surface area contributed by atoms with Gasteiger partial charge in [0.25, 0.3) is 5.56 Å². The molecule has 128 valence electrons. The number of fused-ring (bicyclic) bond motifs is 1. The second-order valence-corrected chi connectivity index (χ2v) is 6.18. The Bertz CT molecular complexity index is 873. The fourth-order valence-electron chi connectivity index (χ4n) is 3.20. The number of aryl methyl sites for hydroxylation is 2. The van der Waals surface area contributed by atoms with Gasteiger partial charge in [0.15, 0.2) is 11.3 Å². The van der Waals surface area contributed by atoms with Crippen LogP contribution in [0.3, 0.4) is 0 Å². The topological polar surface area (TPSA) is 72.3 Å². The number of hydrogen-bond donors (Lipinski definition) is 1. The Morgan fingerprint density at radius 2 is 2.21 bits per heavy atom. The first kappa shape index (κ1) is 16.5. The quantitative estimate of drug-likeness (QED) is 0.916. The van der Waals surface area contributed by atoms with Crippen LogP contribution in [-0.4, -0.2) is 26.2 Å². The number of hydrogen-bond acceptors (Lipinski definition) is 4. The van der Waals surface area contributed by atoms with Gasteiger partial charge in [-0.3, -0.25) is 4.79 Å². The lowest BCUT2D eigenvalue weighted by Gasteiger charge is -2.21. The number of imidazole rings is 1. The van der Waals surface area contributed by atoms with Gasteiger partial charge in [-0.15, -0.1) is 5.10 Å². The maximum absolute atomic E-state index is 12.6. The van der Waals surface area contributed by atoms with Gasteiger partial charge >= 0.3 is 0 Å². The molecule has 0 amide bonds. The van der Waals surface area contributed by atoms with Crippen molar-refractivity contribution < 1.29 is 4.74 Å². The van der Waals surface area contributed by atoms with E-state index in [-0.39, 0.29) is 11.5 Å². The molecule has 0 bridgehead atoms. The second-order valence-electron chi connectivity index (χ2n) is 6.18. The van der Waals surface area contributed by atoms with Crippen molar-refractivity contribution in [2.24, 2.45) is 5.92 Å². The largest absolute Gasteiger partial charge is 0.493 e. The van der Waals surface area contributed by atoms with E-state index < -0.39 is 0 Å². The number of allylic oxidation sites excluding steroid dienone is 3. The monoisotopic (exact) mass is 328 g/mol. The van der Waals surface area contributed by atoms with E-state index in [9.17, 15) is 4.79 Å². The van der Waals surface area contributed by atoms with Crippen molar-refractivity contribution in [3.8, 4) is 0 Å². The van der Waals surface area contributed by atoms with Gasteiger partial charge in [-0.2, -0.15) is 0 Å². The molecule has 0 radical (unpaired) electrons. The van der Waals surface area contributed by atoms with E-state index in [2.05, 4.69) is 29.9 Å². The maximum atomic E-state index is 12.6. The van der Waals surface area contributed by atoms with Crippen molar-refractivity contribution in [1.82, 2.24) is 19.6 Å². The van der Waals surface area contributed by atoms with Gasteiger partial charge in [-0.1, -0.05) is 19.9 Å². The number of nitrogens with one attached hydrogen (secondary N) is 1. The van der Waals surface area contributed by atoms with E-state index in [4.69, 9.17) is 9.84 Å². The highest BCUT2D eigenvalue weighted by Gasteiger charge is 2.23. The SMILES string of the molecule is CCCc1nc(C)c2c(=O)[nH]c(C3=C(OCC)C=CCC3C)nn12. The van der Waals surface area contributed by atoms with Gasteiger partial charge in [-0.25, -0.2) is 9.50 Å². The Balaban J connectivity index is 2.24. The minimum atomic E-state index is -0.155. The first-order valence-corrected chi connectivity index (χ1v) is 8.59. The van der Waals surface area contributed by atoms with Crippen LogP contribution in [-0.2, 0) is 11.2 Å². The molecule has 1 aliphatic carbocycles. The molecule has 6 nitrogen and oxygen atoms in total. The Hall–Kier alpha value is -2.37. The van der Waals surface area contributed by atoms with Gasteiger partial charge < -0.3 is 9.72 Å². The molecule has 1 atom stereocenters. The van der Waals surface area contributed by atoms with Crippen LogP contribution in [0, 0.1) is 12.8 Å². The summed E-state index contributed by atoms with van der Waals surface area (Å²) in [5, 5.41) is 4.71. The number of ether oxygens (including phenoxy) is 1. The summed E-state index contributed by atoms with van der Waals surface area (Å²) >= 11 is 0. The molecule has 2 aromatic heterocycles. The molecule has 0 fully saturated rings. The molecule has 0 saturated carbocycles. The Labute approximate surface area is 141 Å². The third kappa shape index (κ3) is 2.77. The van der Waals surface area contributed by atoms with Crippen molar-refractivity contribution in [2.45, 2.75) is 47.0 Å². The predicted octanol–water partition coefficient (Wildman–Crippen LogP) is 3.02. The first-order chi connectivity index (χ1) is 11.6. The van der Waals surface area contributed by atoms with Crippen LogP contribution in [0.15, 0.2) is 22.7 Å². The molecule has 1 aliphatic rings. The standard InChI is InChI=1S/C18H24N4O2/c1-5-8-14-19-12(4)16-18(23)20-17(21-22(14)16)15-11(3)9-7-10-13(15)24-6-2/h7,10-11H,5-6,8-9H2,1-4H3,(H,20,21,23). The third-order valence-corrected chi connectivity index (χ3v) is 4.29. The summed E-state index contributed by atoms with van der Waals surface area (Å²) in [5.41, 5.74) is 2.04. The Morgan fingerprint density at radius 1 is 1.42 bits per heavy atom. The third-order valence-electron chi connectivity index (χ3n) is 4.29. The van der Waals surface area contributed by atoms with Crippen LogP contribution in [0.1, 0.15) is 51.0 Å². The second kappa shape index (κ2) is 6.63. The highest BCUT2D eigenvalue weighted by Crippen LogP contribution is 2.31. The molecule has 2 heterocycles. The molecule has 24 heavy (non-hydrogen) atoms. The number of rotatable bonds is 5. The number of aromatic amines is 1. The smallest absolute Gasteiger partial charge is 0.277 e. The summed E-state index contributed by atoms with van der Waals surface area (Å²) in [6.45, 7) is 8.59. The van der Waals surface area contributed by atoms with Crippen molar-refractivity contribution in [3.63, 3.8) is 0 Å². The summed E-state index contributed by atoms with van der Waals surface area (Å²) in [5.74, 6) is 2.42. The zero-order valence-electron chi connectivity index (χ0n) is 14.7. The van der Waals surface area contributed by atoms with Gasteiger partial charge in [0.05, 0.1) is 12.3 Å². The van der Waals surface area contributed by atoms with Crippen LogP contribution in [0.5, 0.6) is 0 Å². The van der Waals surface area contributed by atoms with Crippen LogP contribution in [0.25, 0.3) is 11.1 Å². The zero-order valence-corrected chi connectivity index (χ0v) is 14.7. The van der Waals surface area contributed by atoms with Crippen LogP contribution in [0.4, 0.5) is 0 Å². The minimum absolute atomic E-state index is 0.155. The van der Waals surface area contributed by atoms with E-state index in [1.165, 1.54) is 0 Å². The summed E-state index contributed by atoms with van der Waals surface area (Å²) in [7, 11) is 0. The fraction of sp³-hybridized carbons (Fsp3) is 0.500. The molecule has 6 heteroatoms. The van der Waals surface area contributed by atoms with Crippen molar-refractivity contribution >= 4 is 11.1 Å². The van der Waals surface area contributed by atoms with E-state index in [0.29, 0.717) is 23.6 Å². The normalized spacial score (nSPS) is 17.8. The van der Waals surface area contributed by atoms with Crippen LogP contribution < -0.4 is 5.56 Å². The molecule has 0 aliphatic heterocycles. The molecule has 1 unspecified atom stereocenters. The van der Waals surface area contributed by atoms with Gasteiger partial charge in [-0.05, 0) is 38.7 Å². The molecule has 0 spiro atoms.